The average Bonchev–Trinajstić information content (AvgIpc) is 2.35. The van der Waals surface area contributed by atoms with Crippen LogP contribution in [0.25, 0.3) is 0 Å². The van der Waals surface area contributed by atoms with Crippen LogP contribution in [0.1, 0.15) is 0 Å². The molecule has 0 atom stereocenters. The zero-order chi connectivity index (χ0) is 10.1. The molecule has 3 nitrogen and oxygen atoms in total. The van der Waals surface area contributed by atoms with E-state index >= 15 is 0 Å². The van der Waals surface area contributed by atoms with Gasteiger partial charge in [-0.05, 0) is 17.5 Å². The molecule has 0 fully saturated rings. The standard InChI is InChI=1S/C5H3F3O3S2/c6-5(7,8)13(9,10)11-4-2-1-3-12-4/h1-3H. The molecule has 8 heteroatoms. The summed E-state index contributed by atoms with van der Waals surface area (Å²) >= 11 is 0.765. The van der Waals surface area contributed by atoms with E-state index in [0.717, 1.165) is 17.4 Å². The van der Waals surface area contributed by atoms with Crippen LogP contribution in [0, 0.1) is 0 Å². The van der Waals surface area contributed by atoms with Crippen LogP contribution >= 0.6 is 11.3 Å². The van der Waals surface area contributed by atoms with Crippen molar-refractivity contribution in [2.75, 3.05) is 0 Å². The first kappa shape index (κ1) is 10.3. The summed E-state index contributed by atoms with van der Waals surface area (Å²) in [5, 5.41) is 1.10. The summed E-state index contributed by atoms with van der Waals surface area (Å²) in [5.41, 5.74) is -5.38. The number of hydrogen-bond donors (Lipinski definition) is 0. The Bertz CT molecular complexity index is 364. The Morgan fingerprint density at radius 3 is 2.38 bits per heavy atom. The van der Waals surface area contributed by atoms with Crippen LogP contribution < -0.4 is 4.18 Å². The lowest BCUT2D eigenvalue weighted by molar-refractivity contribution is -0.0498. The number of halogens is 3. The molecule has 74 valence electrons. The average molecular weight is 232 g/mol. The van der Waals surface area contributed by atoms with Gasteiger partial charge in [0.1, 0.15) is 0 Å². The number of thiophene rings is 1. The van der Waals surface area contributed by atoms with Crippen molar-refractivity contribution in [3.8, 4) is 5.06 Å². The molecule has 1 aromatic heterocycles. The summed E-state index contributed by atoms with van der Waals surface area (Å²) in [6.07, 6.45) is 0. The van der Waals surface area contributed by atoms with Gasteiger partial charge in [-0.3, -0.25) is 0 Å². The highest BCUT2D eigenvalue weighted by molar-refractivity contribution is 7.88. The molecule has 1 rings (SSSR count). The van der Waals surface area contributed by atoms with E-state index in [1.807, 2.05) is 0 Å². The zero-order valence-electron chi connectivity index (χ0n) is 5.91. The molecule has 0 unspecified atom stereocenters. The van der Waals surface area contributed by atoms with Crippen LogP contribution in [0.4, 0.5) is 13.2 Å². The quantitative estimate of drug-likeness (QED) is 0.578. The van der Waals surface area contributed by atoms with Crippen molar-refractivity contribution in [2.24, 2.45) is 0 Å². The summed E-state index contributed by atoms with van der Waals surface area (Å²) in [6, 6.07) is 2.51. The fourth-order valence-electron chi connectivity index (χ4n) is 0.466. The Balaban J connectivity index is 2.87. The predicted octanol–water partition coefficient (Wildman–Crippen LogP) is 1.98. The van der Waals surface area contributed by atoms with E-state index < -0.39 is 15.6 Å². The molecular formula is C5H3F3O3S2. The first-order valence-electron chi connectivity index (χ1n) is 2.87. The van der Waals surface area contributed by atoms with Gasteiger partial charge in [-0.25, -0.2) is 0 Å². The monoisotopic (exact) mass is 232 g/mol. The third kappa shape index (κ3) is 2.34. The molecule has 0 aliphatic carbocycles. The van der Waals surface area contributed by atoms with Crippen molar-refractivity contribution in [1.82, 2.24) is 0 Å². The van der Waals surface area contributed by atoms with Gasteiger partial charge in [0.15, 0.2) is 5.06 Å². The summed E-state index contributed by atoms with van der Waals surface area (Å²) in [5.74, 6) is 0. The maximum absolute atomic E-state index is 11.7. The zero-order valence-corrected chi connectivity index (χ0v) is 7.54. The molecule has 0 bridgehead atoms. The molecule has 0 radical (unpaired) electrons. The van der Waals surface area contributed by atoms with Crippen LogP contribution in [0.5, 0.6) is 5.06 Å². The normalized spacial score (nSPS) is 12.8. The van der Waals surface area contributed by atoms with Crippen LogP contribution in [-0.4, -0.2) is 13.9 Å². The summed E-state index contributed by atoms with van der Waals surface area (Å²) in [6.45, 7) is 0. The second kappa shape index (κ2) is 3.18. The van der Waals surface area contributed by atoms with Crippen molar-refractivity contribution < 1.29 is 25.8 Å². The smallest absolute Gasteiger partial charge is 0.365 e. The predicted molar refractivity (Wildman–Crippen MR) is 39.9 cm³/mol. The van der Waals surface area contributed by atoms with E-state index in [9.17, 15) is 21.6 Å². The molecule has 0 aliphatic heterocycles. The number of hydrogen-bond acceptors (Lipinski definition) is 4. The molecule has 13 heavy (non-hydrogen) atoms. The van der Waals surface area contributed by atoms with Gasteiger partial charge in [-0.2, -0.15) is 21.6 Å². The molecule has 0 spiro atoms. The molecule has 0 saturated carbocycles. The third-order valence-electron chi connectivity index (χ3n) is 0.970. The second-order valence-corrected chi connectivity index (χ2v) is 4.36. The first-order valence-corrected chi connectivity index (χ1v) is 5.16. The van der Waals surface area contributed by atoms with Crippen LogP contribution in [0.3, 0.4) is 0 Å². The van der Waals surface area contributed by atoms with Crippen molar-refractivity contribution in [3.63, 3.8) is 0 Å². The Morgan fingerprint density at radius 2 is 2.00 bits per heavy atom. The SMILES string of the molecule is O=S(=O)(Oc1cccs1)C(F)(F)F. The van der Waals surface area contributed by atoms with Gasteiger partial charge in [0, 0.05) is 0 Å². The molecular weight excluding hydrogens is 229 g/mol. The molecule has 0 aromatic carbocycles. The molecule has 0 amide bonds. The lowest BCUT2D eigenvalue weighted by Crippen LogP contribution is -2.27. The third-order valence-corrected chi connectivity index (χ3v) is 2.79. The fourth-order valence-corrected chi connectivity index (χ4v) is 1.71. The van der Waals surface area contributed by atoms with Gasteiger partial charge in [0.25, 0.3) is 0 Å². The Kier molecular flexibility index (Phi) is 2.53. The van der Waals surface area contributed by atoms with Gasteiger partial charge < -0.3 is 4.18 Å². The van der Waals surface area contributed by atoms with Crippen molar-refractivity contribution in [3.05, 3.63) is 17.5 Å². The minimum atomic E-state index is -5.51. The Morgan fingerprint density at radius 1 is 1.38 bits per heavy atom. The highest BCUT2D eigenvalue weighted by Gasteiger charge is 2.48. The molecule has 0 saturated heterocycles. The number of alkyl halides is 3. The number of rotatable bonds is 2. The van der Waals surface area contributed by atoms with E-state index in [1.165, 1.54) is 11.4 Å². The maximum Gasteiger partial charge on any atom is 0.534 e. The van der Waals surface area contributed by atoms with Gasteiger partial charge in [-0.1, -0.05) is 0 Å². The molecule has 1 aromatic rings. The molecule has 1 heterocycles. The topological polar surface area (TPSA) is 43.4 Å². The minimum absolute atomic E-state index is 0.308. The van der Waals surface area contributed by atoms with Gasteiger partial charge in [-0.15, -0.1) is 11.3 Å². The largest absolute Gasteiger partial charge is 0.534 e. The first-order chi connectivity index (χ1) is 5.83. The highest BCUT2D eigenvalue weighted by Crippen LogP contribution is 2.29. The summed E-state index contributed by atoms with van der Waals surface area (Å²) in [4.78, 5) is 0. The van der Waals surface area contributed by atoms with E-state index in [2.05, 4.69) is 4.18 Å². The highest BCUT2D eigenvalue weighted by atomic mass is 32.2. The Labute approximate surface area is 75.9 Å². The van der Waals surface area contributed by atoms with Gasteiger partial charge in [0.05, 0.1) is 0 Å². The van der Waals surface area contributed by atoms with Gasteiger partial charge in [0.2, 0.25) is 0 Å². The van der Waals surface area contributed by atoms with Crippen molar-refractivity contribution in [2.45, 2.75) is 5.51 Å². The van der Waals surface area contributed by atoms with Crippen LogP contribution in [-0.2, 0) is 10.1 Å². The van der Waals surface area contributed by atoms with E-state index in [4.69, 9.17) is 0 Å². The van der Waals surface area contributed by atoms with Crippen molar-refractivity contribution >= 4 is 21.5 Å². The lowest BCUT2D eigenvalue weighted by atomic mass is 10.7. The fraction of sp³-hybridized carbons (Fsp3) is 0.200. The minimum Gasteiger partial charge on any atom is -0.365 e. The molecule has 0 N–H and O–H groups in total. The maximum atomic E-state index is 11.7. The Hall–Kier alpha value is -0.760. The second-order valence-electron chi connectivity index (χ2n) is 1.92. The van der Waals surface area contributed by atoms with Crippen LogP contribution in [0.2, 0.25) is 0 Å². The van der Waals surface area contributed by atoms with E-state index in [-0.39, 0.29) is 5.06 Å². The summed E-state index contributed by atoms with van der Waals surface area (Å²) < 4.78 is 59.7. The van der Waals surface area contributed by atoms with Crippen molar-refractivity contribution in [1.29, 1.82) is 0 Å². The lowest BCUT2D eigenvalue weighted by Gasteiger charge is -2.06. The van der Waals surface area contributed by atoms with E-state index in [1.54, 1.807) is 0 Å². The van der Waals surface area contributed by atoms with Crippen LogP contribution in [0.15, 0.2) is 17.5 Å². The summed E-state index contributed by atoms with van der Waals surface area (Å²) in [7, 11) is -5.51. The molecule has 0 aliphatic rings. The van der Waals surface area contributed by atoms with Gasteiger partial charge >= 0.3 is 15.6 Å². The van der Waals surface area contributed by atoms with E-state index in [0.29, 0.717) is 0 Å².